The Balaban J connectivity index is 1.69. The van der Waals surface area contributed by atoms with Gasteiger partial charge >= 0.3 is 0 Å². The Bertz CT molecular complexity index is 1050. The van der Waals surface area contributed by atoms with Gasteiger partial charge in [0.2, 0.25) is 5.95 Å². The predicted octanol–water partition coefficient (Wildman–Crippen LogP) is 4.75. The maximum absolute atomic E-state index is 12.8. The first-order chi connectivity index (χ1) is 14.6. The molecule has 4 rings (SSSR count). The van der Waals surface area contributed by atoms with Crippen molar-refractivity contribution in [1.29, 1.82) is 0 Å². The number of hydrogen-bond acceptors (Lipinski definition) is 7. The molecule has 1 aliphatic carbocycles. The average molecular weight is 404 g/mol. The van der Waals surface area contributed by atoms with Gasteiger partial charge in [0.05, 0.1) is 25.5 Å². The van der Waals surface area contributed by atoms with E-state index in [4.69, 9.17) is 9.47 Å². The van der Waals surface area contributed by atoms with Crippen molar-refractivity contribution in [2.45, 2.75) is 19.8 Å². The molecule has 7 nitrogen and oxygen atoms in total. The Kier molecular flexibility index (Phi) is 5.52. The zero-order chi connectivity index (χ0) is 21.1. The largest absolute Gasteiger partial charge is 0.497 e. The molecule has 1 atom stereocenters. The van der Waals surface area contributed by atoms with Crippen LogP contribution in [0.2, 0.25) is 0 Å². The lowest BCUT2D eigenvalue weighted by Gasteiger charge is -2.23. The van der Waals surface area contributed by atoms with Crippen molar-refractivity contribution in [3.63, 3.8) is 0 Å². The molecule has 7 heteroatoms. The highest BCUT2D eigenvalue weighted by molar-refractivity contribution is 6.03. The number of nitrogens with one attached hydrogen (secondary N) is 2. The quantitative estimate of drug-likeness (QED) is 0.613. The van der Waals surface area contributed by atoms with E-state index in [-0.39, 0.29) is 11.7 Å². The molecular formula is C23H24N4O3. The fraction of sp³-hybridized carbons (Fsp3) is 0.261. The molecule has 2 N–H and O–H groups in total. The van der Waals surface area contributed by atoms with Crippen LogP contribution in [0, 0.1) is 5.92 Å². The number of hydrogen-bond donors (Lipinski definition) is 2. The van der Waals surface area contributed by atoms with Gasteiger partial charge in [-0.15, -0.1) is 0 Å². The number of methoxy groups -OCH3 is 2. The normalized spacial score (nSPS) is 15.3. The zero-order valence-corrected chi connectivity index (χ0v) is 17.2. The van der Waals surface area contributed by atoms with Crippen LogP contribution in [0.4, 0.5) is 23.1 Å². The van der Waals surface area contributed by atoms with Crippen LogP contribution in [0.25, 0.3) is 0 Å². The van der Waals surface area contributed by atoms with Gasteiger partial charge in [0, 0.05) is 17.8 Å². The summed E-state index contributed by atoms with van der Waals surface area (Å²) >= 11 is 0. The number of carbonyl (C=O) groups excluding carboxylic acids is 1. The Morgan fingerprint density at radius 3 is 1.97 bits per heavy atom. The highest BCUT2D eigenvalue weighted by atomic mass is 16.5. The van der Waals surface area contributed by atoms with E-state index < -0.39 is 0 Å². The van der Waals surface area contributed by atoms with Crippen LogP contribution in [0.3, 0.4) is 0 Å². The van der Waals surface area contributed by atoms with Crippen LogP contribution in [0.1, 0.15) is 29.4 Å². The molecule has 0 bridgehead atoms. The molecule has 2 aromatic carbocycles. The molecule has 1 heterocycles. The third-order valence-electron chi connectivity index (χ3n) is 5.04. The summed E-state index contributed by atoms with van der Waals surface area (Å²) in [6, 6.07) is 15.0. The number of carbonyl (C=O) groups is 1. The number of nitrogens with zero attached hydrogens (tertiary/aromatic N) is 2. The summed E-state index contributed by atoms with van der Waals surface area (Å²) in [4.78, 5) is 22.0. The van der Waals surface area contributed by atoms with Gasteiger partial charge in [-0.05, 0) is 60.9 Å². The molecule has 0 spiro atoms. The van der Waals surface area contributed by atoms with Crippen molar-refractivity contribution in [2.75, 3.05) is 24.9 Å². The topological polar surface area (TPSA) is 85.4 Å². The van der Waals surface area contributed by atoms with Crippen LogP contribution >= 0.6 is 0 Å². The summed E-state index contributed by atoms with van der Waals surface area (Å²) in [6.45, 7) is 2.07. The molecule has 0 saturated heterocycles. The summed E-state index contributed by atoms with van der Waals surface area (Å²) in [5.41, 5.74) is 2.99. The number of aromatic nitrogens is 2. The Morgan fingerprint density at radius 1 is 0.833 bits per heavy atom. The van der Waals surface area contributed by atoms with Crippen molar-refractivity contribution in [3.8, 4) is 11.5 Å². The first-order valence-electron chi connectivity index (χ1n) is 9.82. The van der Waals surface area contributed by atoms with E-state index in [9.17, 15) is 4.79 Å². The van der Waals surface area contributed by atoms with Crippen LogP contribution in [0.15, 0.2) is 48.5 Å². The standard InChI is InChI=1S/C23H24N4O3/c1-14-12-19-21(20(28)13-14)22(24-15-4-8-17(29-2)9-5-15)27-23(26-19)25-16-6-10-18(30-3)11-7-16/h4-11,14H,12-13H2,1-3H3,(H2,24,25,26,27). The molecule has 1 aliphatic rings. The van der Waals surface area contributed by atoms with Gasteiger partial charge < -0.3 is 20.1 Å². The van der Waals surface area contributed by atoms with Gasteiger partial charge in [0.15, 0.2) is 5.78 Å². The van der Waals surface area contributed by atoms with Crippen molar-refractivity contribution >= 4 is 28.9 Å². The van der Waals surface area contributed by atoms with Gasteiger partial charge in [-0.3, -0.25) is 4.79 Å². The minimum Gasteiger partial charge on any atom is -0.497 e. The summed E-state index contributed by atoms with van der Waals surface area (Å²) < 4.78 is 10.4. The highest BCUT2D eigenvalue weighted by Crippen LogP contribution is 2.32. The second kappa shape index (κ2) is 8.41. The zero-order valence-electron chi connectivity index (χ0n) is 17.2. The molecule has 0 amide bonds. The van der Waals surface area contributed by atoms with Crippen molar-refractivity contribution < 1.29 is 14.3 Å². The lowest BCUT2D eigenvalue weighted by atomic mass is 9.87. The Hall–Kier alpha value is -3.61. The maximum atomic E-state index is 12.8. The molecule has 30 heavy (non-hydrogen) atoms. The number of ether oxygens (including phenoxy) is 2. The van der Waals surface area contributed by atoms with Gasteiger partial charge in [-0.1, -0.05) is 6.92 Å². The van der Waals surface area contributed by atoms with Gasteiger partial charge in [-0.25, -0.2) is 4.98 Å². The number of benzene rings is 2. The predicted molar refractivity (Wildman–Crippen MR) is 116 cm³/mol. The summed E-state index contributed by atoms with van der Waals surface area (Å²) in [5.74, 6) is 2.80. The fourth-order valence-electron chi connectivity index (χ4n) is 3.53. The first-order valence-corrected chi connectivity index (χ1v) is 9.82. The van der Waals surface area contributed by atoms with Crippen molar-refractivity contribution in [2.24, 2.45) is 5.92 Å². The molecule has 1 aromatic heterocycles. The molecule has 154 valence electrons. The highest BCUT2D eigenvalue weighted by Gasteiger charge is 2.28. The van der Waals surface area contributed by atoms with Crippen molar-refractivity contribution in [1.82, 2.24) is 9.97 Å². The van der Waals surface area contributed by atoms with Gasteiger partial charge in [0.25, 0.3) is 0 Å². The third-order valence-corrected chi connectivity index (χ3v) is 5.04. The molecule has 3 aromatic rings. The third kappa shape index (κ3) is 4.20. The number of fused-ring (bicyclic) bond motifs is 1. The summed E-state index contributed by atoms with van der Waals surface area (Å²) in [6.07, 6.45) is 1.23. The van der Waals surface area contributed by atoms with Crippen molar-refractivity contribution in [3.05, 3.63) is 59.8 Å². The molecule has 0 saturated carbocycles. The number of anilines is 4. The summed E-state index contributed by atoms with van der Waals surface area (Å²) in [5, 5.41) is 6.52. The maximum Gasteiger partial charge on any atom is 0.229 e. The molecule has 0 fully saturated rings. The SMILES string of the molecule is COc1ccc(Nc2nc3c(c(Nc4ccc(OC)cc4)n2)C(=O)CC(C)C3)cc1. The lowest BCUT2D eigenvalue weighted by molar-refractivity contribution is 0.0953. The van der Waals surface area contributed by atoms with Crippen LogP contribution < -0.4 is 20.1 Å². The second-order valence-corrected chi connectivity index (χ2v) is 7.36. The number of rotatable bonds is 6. The molecular weight excluding hydrogens is 380 g/mol. The van der Waals surface area contributed by atoms with Crippen LogP contribution in [0.5, 0.6) is 11.5 Å². The smallest absolute Gasteiger partial charge is 0.229 e. The van der Waals surface area contributed by atoms with E-state index in [1.807, 2.05) is 48.5 Å². The van der Waals surface area contributed by atoms with E-state index in [1.54, 1.807) is 14.2 Å². The molecule has 1 unspecified atom stereocenters. The summed E-state index contributed by atoms with van der Waals surface area (Å²) in [7, 11) is 3.25. The van der Waals surface area contributed by atoms with E-state index in [2.05, 4.69) is 27.5 Å². The van der Waals surface area contributed by atoms with E-state index in [1.165, 1.54) is 0 Å². The van der Waals surface area contributed by atoms with Gasteiger partial charge in [-0.2, -0.15) is 4.98 Å². The molecule has 0 aliphatic heterocycles. The monoisotopic (exact) mass is 404 g/mol. The molecule has 0 radical (unpaired) electrons. The number of Topliss-reactive ketones (excluding diaryl/α,β-unsaturated/α-hetero) is 1. The van der Waals surface area contributed by atoms with Gasteiger partial charge in [0.1, 0.15) is 17.3 Å². The Morgan fingerprint density at radius 2 is 1.40 bits per heavy atom. The number of ketones is 1. The first kappa shape index (κ1) is 19.7. The minimum atomic E-state index is 0.0655. The average Bonchev–Trinajstić information content (AvgIpc) is 2.74. The fourth-order valence-corrected chi connectivity index (χ4v) is 3.53. The van der Waals surface area contributed by atoms with E-state index in [0.717, 1.165) is 35.0 Å². The van der Waals surface area contributed by atoms with Crippen LogP contribution in [-0.2, 0) is 6.42 Å². The second-order valence-electron chi connectivity index (χ2n) is 7.36. The van der Waals surface area contributed by atoms with E-state index >= 15 is 0 Å². The Labute approximate surface area is 175 Å². The van der Waals surface area contributed by atoms with Crippen LogP contribution in [-0.4, -0.2) is 30.0 Å². The lowest BCUT2D eigenvalue weighted by Crippen LogP contribution is -2.22. The minimum absolute atomic E-state index is 0.0655. The van der Waals surface area contributed by atoms with E-state index in [0.29, 0.717) is 23.8 Å².